The van der Waals surface area contributed by atoms with Crippen molar-refractivity contribution in [2.75, 3.05) is 0 Å². The van der Waals surface area contributed by atoms with E-state index in [4.69, 9.17) is 0 Å². The molecule has 1 atom stereocenters. The van der Waals surface area contributed by atoms with Crippen LogP contribution in [0.25, 0.3) is 0 Å². The van der Waals surface area contributed by atoms with Gasteiger partial charge in [-0.05, 0) is 0 Å². The number of imidazole rings is 1. The van der Waals surface area contributed by atoms with Crippen LogP contribution in [0.1, 0.15) is 13.8 Å². The zero-order valence-corrected chi connectivity index (χ0v) is 8.45. The molecule has 0 unspecified atom stereocenters. The summed E-state index contributed by atoms with van der Waals surface area (Å²) >= 11 is 0. The topological polar surface area (TPSA) is 8.81 Å². The van der Waals surface area contributed by atoms with Gasteiger partial charge in [0.2, 0.25) is 0 Å². The first-order chi connectivity index (χ1) is 5.77. The molecule has 0 N–H and O–H groups in total. The first kappa shape index (κ1) is 9.30. The summed E-state index contributed by atoms with van der Waals surface area (Å²) in [6.07, 6.45) is 9.07. The number of nitrogens with zero attached hydrogens (tertiary/aromatic N) is 2. The van der Waals surface area contributed by atoms with Gasteiger partial charge in [0.15, 0.2) is 13.7 Å². The Bertz CT molecular complexity index is 235. The summed E-state index contributed by atoms with van der Waals surface area (Å²) in [4.78, 5) is 0. The number of aromatic nitrogens is 2. The SMILES string of the molecule is [CH2+][B@@H-](CC)n1cc[n+]([BH2-]CC)c1. The van der Waals surface area contributed by atoms with Crippen LogP contribution in [0.5, 0.6) is 0 Å². The Hall–Kier alpha value is -0.790. The molecule has 0 aliphatic carbocycles. The molecule has 0 saturated heterocycles. The Kier molecular flexibility index (Phi) is 3.32. The van der Waals surface area contributed by atoms with E-state index in [0.29, 0.717) is 0 Å². The Morgan fingerprint density at radius 3 is 2.92 bits per heavy atom. The molecular formula is C8H18B2N2. The van der Waals surface area contributed by atoms with Gasteiger partial charge >= 0.3 is 6.85 Å². The van der Waals surface area contributed by atoms with Crippen LogP contribution in [-0.4, -0.2) is 18.7 Å². The monoisotopic (exact) mass is 164 g/mol. The summed E-state index contributed by atoms with van der Waals surface area (Å²) in [6, 6.07) is 0. The van der Waals surface area contributed by atoms with Crippen molar-refractivity contribution in [3.8, 4) is 0 Å². The smallest absolute Gasteiger partial charge is 0.364 e. The van der Waals surface area contributed by atoms with Gasteiger partial charge in [-0.2, -0.15) is 0 Å². The molecule has 0 saturated carbocycles. The summed E-state index contributed by atoms with van der Waals surface area (Å²) in [6.45, 7) is 8.23. The van der Waals surface area contributed by atoms with Crippen LogP contribution in [-0.2, 0) is 0 Å². The Morgan fingerprint density at radius 2 is 2.33 bits per heavy atom. The Balaban J connectivity index is 2.63. The lowest BCUT2D eigenvalue weighted by atomic mass is 9.62. The van der Waals surface area contributed by atoms with Gasteiger partial charge in [-0.3, -0.25) is 0 Å². The zero-order chi connectivity index (χ0) is 8.97. The van der Waals surface area contributed by atoms with Gasteiger partial charge in [0.25, 0.3) is 0 Å². The minimum Gasteiger partial charge on any atom is -0.445 e. The Morgan fingerprint density at radius 1 is 1.58 bits per heavy atom. The molecule has 0 aliphatic heterocycles. The summed E-state index contributed by atoms with van der Waals surface area (Å²) in [5.74, 6) is 0. The van der Waals surface area contributed by atoms with Crippen LogP contribution in [0, 0.1) is 6.82 Å². The van der Waals surface area contributed by atoms with E-state index in [-0.39, 0.29) is 14.3 Å². The van der Waals surface area contributed by atoms with Crippen LogP contribution in [0.4, 0.5) is 0 Å². The van der Waals surface area contributed by atoms with Gasteiger partial charge in [-0.1, -0.05) is 27.0 Å². The van der Waals surface area contributed by atoms with Crippen LogP contribution in [0.2, 0.25) is 12.6 Å². The average molecular weight is 164 g/mol. The lowest BCUT2D eigenvalue weighted by molar-refractivity contribution is -0.528. The van der Waals surface area contributed by atoms with Crippen LogP contribution >= 0.6 is 0 Å². The molecule has 4 heteroatoms. The van der Waals surface area contributed by atoms with Crippen LogP contribution in [0.3, 0.4) is 0 Å². The third kappa shape index (κ3) is 2.10. The molecule has 0 amide bonds. The molecular weight excluding hydrogens is 146 g/mol. The molecule has 66 valence electrons. The predicted octanol–water partition coefficient (Wildman–Crippen LogP) is 0.111. The molecule has 1 aromatic rings. The van der Waals surface area contributed by atoms with Crippen LogP contribution in [0.15, 0.2) is 18.7 Å². The number of hydrogen-bond acceptors (Lipinski definition) is 0. The second kappa shape index (κ2) is 4.29. The summed E-state index contributed by atoms with van der Waals surface area (Å²) in [7, 11) is 0.0768. The fourth-order valence-electron chi connectivity index (χ4n) is 1.58. The molecule has 0 fully saturated rings. The summed E-state index contributed by atoms with van der Waals surface area (Å²) in [5, 5.41) is 0. The van der Waals surface area contributed by atoms with Gasteiger partial charge in [0.1, 0.15) is 0 Å². The lowest BCUT2D eigenvalue weighted by Gasteiger charge is -2.03. The highest BCUT2D eigenvalue weighted by atomic mass is 15.0. The molecule has 0 spiro atoms. The van der Waals surface area contributed by atoms with Gasteiger partial charge in [-0.25, -0.2) is 0 Å². The third-order valence-electron chi connectivity index (χ3n) is 2.60. The summed E-state index contributed by atoms with van der Waals surface area (Å²) < 4.78 is 4.62. The van der Waals surface area contributed by atoms with Crippen molar-refractivity contribution in [2.24, 2.45) is 0 Å². The molecule has 1 rings (SSSR count). The van der Waals surface area contributed by atoms with E-state index in [9.17, 15) is 0 Å². The second-order valence-electron chi connectivity index (χ2n) is 3.92. The maximum absolute atomic E-state index is 4.15. The van der Waals surface area contributed by atoms with Gasteiger partial charge < -0.3 is 8.96 Å². The molecule has 0 bridgehead atoms. The molecule has 2 nitrogen and oxygen atoms in total. The van der Waals surface area contributed by atoms with Gasteiger partial charge in [-0.15, -0.1) is 6.32 Å². The van der Waals surface area contributed by atoms with Crippen molar-refractivity contribution in [1.82, 2.24) is 4.48 Å². The van der Waals surface area contributed by atoms with Crippen molar-refractivity contribution < 1.29 is 4.48 Å². The maximum Gasteiger partial charge on any atom is 0.364 e. The van der Waals surface area contributed by atoms with Crippen molar-refractivity contribution in [3.05, 3.63) is 25.5 Å². The first-order valence-corrected chi connectivity index (χ1v) is 5.25. The fraction of sp³-hybridized carbons (Fsp3) is 0.500. The minimum atomic E-state index is -0.368. The van der Waals surface area contributed by atoms with E-state index in [1.807, 2.05) is 0 Å². The van der Waals surface area contributed by atoms with Crippen molar-refractivity contribution in [3.63, 3.8) is 0 Å². The highest BCUT2D eigenvalue weighted by Crippen LogP contribution is 1.93. The van der Waals surface area contributed by atoms with Crippen molar-refractivity contribution in [2.45, 2.75) is 26.5 Å². The average Bonchev–Trinajstić information content (AvgIpc) is 2.52. The summed E-state index contributed by atoms with van der Waals surface area (Å²) in [5.41, 5.74) is 0. The zero-order valence-electron chi connectivity index (χ0n) is 8.45. The standard InChI is InChI=1S/C8H18B2N2/c1-4-9-11-6-7-12(8-11)10(3)5-2/h6-8,10H,3-5,9H2,1-2H3/t10-/m0/s1. The van der Waals surface area contributed by atoms with Crippen LogP contribution < -0.4 is 4.48 Å². The molecule has 1 heterocycles. The largest absolute Gasteiger partial charge is 0.445 e. The lowest BCUT2D eigenvalue weighted by Crippen LogP contribution is -2.37. The highest BCUT2D eigenvalue weighted by Gasteiger charge is 2.09. The normalized spacial score (nSPS) is 13.2. The first-order valence-electron chi connectivity index (χ1n) is 5.25. The van der Waals surface area contributed by atoms with E-state index in [1.54, 1.807) is 0 Å². The predicted molar refractivity (Wildman–Crippen MR) is 57.4 cm³/mol. The second-order valence-corrected chi connectivity index (χ2v) is 3.92. The van der Waals surface area contributed by atoms with E-state index >= 15 is 0 Å². The van der Waals surface area contributed by atoms with E-state index in [0.717, 1.165) is 0 Å². The number of hydrogen-bond donors (Lipinski definition) is 0. The molecule has 0 aromatic carbocycles. The minimum absolute atomic E-state index is 0.0768. The van der Waals surface area contributed by atoms with E-state index < -0.39 is 0 Å². The van der Waals surface area contributed by atoms with Gasteiger partial charge in [0, 0.05) is 0 Å². The third-order valence-corrected chi connectivity index (χ3v) is 2.60. The van der Waals surface area contributed by atoms with Crippen molar-refractivity contribution in [1.29, 1.82) is 0 Å². The molecule has 0 aliphatic rings. The quantitative estimate of drug-likeness (QED) is 0.441. The molecule has 1 aromatic heterocycles. The van der Waals surface area contributed by atoms with E-state index in [2.05, 4.69) is 48.3 Å². The highest BCUT2D eigenvalue weighted by molar-refractivity contribution is 6.58. The maximum atomic E-state index is 4.15. The molecule has 0 radical (unpaired) electrons. The van der Waals surface area contributed by atoms with E-state index in [1.165, 1.54) is 12.6 Å². The number of rotatable bonds is 4. The molecule has 12 heavy (non-hydrogen) atoms. The fourth-order valence-corrected chi connectivity index (χ4v) is 1.58. The Labute approximate surface area is 76.0 Å². The van der Waals surface area contributed by atoms with Gasteiger partial charge in [0.05, 0.1) is 12.4 Å². The van der Waals surface area contributed by atoms with Crippen molar-refractivity contribution >= 4 is 14.3 Å².